The van der Waals surface area contributed by atoms with E-state index in [0.717, 1.165) is 16.7 Å². The van der Waals surface area contributed by atoms with Crippen molar-refractivity contribution in [2.24, 2.45) is 0 Å². The van der Waals surface area contributed by atoms with E-state index in [1.54, 1.807) is 18.6 Å². The zero-order chi connectivity index (χ0) is 11.5. The van der Waals surface area contributed by atoms with Crippen molar-refractivity contribution in [2.75, 3.05) is 0 Å². The number of aromatic nitrogens is 2. The average Bonchev–Trinajstić information content (AvgIpc) is 2.32. The van der Waals surface area contributed by atoms with Crippen LogP contribution >= 0.6 is 0 Å². The Kier molecular flexibility index (Phi) is 2.97. The van der Waals surface area contributed by atoms with Crippen molar-refractivity contribution >= 4 is 0 Å². The monoisotopic (exact) mass is 214 g/mol. The van der Waals surface area contributed by atoms with Crippen LogP contribution in [0.2, 0.25) is 0 Å². The lowest BCUT2D eigenvalue weighted by molar-refractivity contribution is 0.214. The SMILES string of the molecule is Cc1ccc(C)c(C(O)c2cnccn2)c1. The maximum absolute atomic E-state index is 10.2. The molecule has 0 bridgehead atoms. The molecule has 3 nitrogen and oxygen atoms in total. The van der Waals surface area contributed by atoms with E-state index in [9.17, 15) is 5.11 Å². The van der Waals surface area contributed by atoms with E-state index in [1.165, 1.54) is 0 Å². The van der Waals surface area contributed by atoms with Crippen LogP contribution in [0, 0.1) is 13.8 Å². The van der Waals surface area contributed by atoms with Crippen LogP contribution in [0.4, 0.5) is 0 Å². The first-order valence-corrected chi connectivity index (χ1v) is 5.19. The van der Waals surface area contributed by atoms with Gasteiger partial charge in [0.15, 0.2) is 0 Å². The Hall–Kier alpha value is -1.74. The van der Waals surface area contributed by atoms with Crippen LogP contribution in [0.1, 0.15) is 28.5 Å². The van der Waals surface area contributed by atoms with Crippen LogP contribution < -0.4 is 0 Å². The lowest BCUT2D eigenvalue weighted by Gasteiger charge is -2.13. The number of hydrogen-bond acceptors (Lipinski definition) is 3. The molecular formula is C13H14N2O. The highest BCUT2D eigenvalue weighted by Crippen LogP contribution is 2.23. The van der Waals surface area contributed by atoms with Gasteiger partial charge in [0.25, 0.3) is 0 Å². The minimum atomic E-state index is -0.700. The highest BCUT2D eigenvalue weighted by atomic mass is 16.3. The predicted molar refractivity (Wildman–Crippen MR) is 62.0 cm³/mol. The van der Waals surface area contributed by atoms with E-state index >= 15 is 0 Å². The summed E-state index contributed by atoms with van der Waals surface area (Å²) in [6, 6.07) is 6.02. The van der Waals surface area contributed by atoms with Crippen molar-refractivity contribution in [3.8, 4) is 0 Å². The van der Waals surface area contributed by atoms with Gasteiger partial charge in [0.2, 0.25) is 0 Å². The molecule has 0 saturated carbocycles. The molecule has 0 amide bonds. The Labute approximate surface area is 94.8 Å². The van der Waals surface area contributed by atoms with Gasteiger partial charge in [-0.3, -0.25) is 9.97 Å². The normalized spacial score (nSPS) is 12.4. The molecule has 0 radical (unpaired) electrons. The highest BCUT2D eigenvalue weighted by molar-refractivity contribution is 5.35. The van der Waals surface area contributed by atoms with E-state index in [0.29, 0.717) is 5.69 Å². The molecule has 0 fully saturated rings. The Morgan fingerprint density at radius 1 is 1.19 bits per heavy atom. The summed E-state index contributed by atoms with van der Waals surface area (Å²) in [4.78, 5) is 8.07. The van der Waals surface area contributed by atoms with Crippen molar-refractivity contribution < 1.29 is 5.11 Å². The average molecular weight is 214 g/mol. The number of aryl methyl sites for hydroxylation is 2. The third-order valence-electron chi connectivity index (χ3n) is 2.59. The zero-order valence-corrected chi connectivity index (χ0v) is 9.38. The van der Waals surface area contributed by atoms with Crippen LogP contribution in [0.5, 0.6) is 0 Å². The fourth-order valence-corrected chi connectivity index (χ4v) is 1.67. The summed E-state index contributed by atoms with van der Waals surface area (Å²) in [7, 11) is 0. The van der Waals surface area contributed by atoms with Gasteiger partial charge in [-0.05, 0) is 25.0 Å². The highest BCUT2D eigenvalue weighted by Gasteiger charge is 2.14. The lowest BCUT2D eigenvalue weighted by Crippen LogP contribution is -2.04. The van der Waals surface area contributed by atoms with E-state index < -0.39 is 6.10 Å². The molecular weight excluding hydrogens is 200 g/mol. The summed E-state index contributed by atoms with van der Waals surface area (Å²) in [6.07, 6.45) is 4.07. The number of aliphatic hydroxyl groups excluding tert-OH is 1. The molecule has 1 atom stereocenters. The van der Waals surface area contributed by atoms with Gasteiger partial charge < -0.3 is 5.11 Å². The van der Waals surface area contributed by atoms with E-state index in [-0.39, 0.29) is 0 Å². The summed E-state index contributed by atoms with van der Waals surface area (Å²) in [5.41, 5.74) is 3.66. The molecule has 0 saturated heterocycles. The largest absolute Gasteiger partial charge is 0.382 e. The van der Waals surface area contributed by atoms with Crippen molar-refractivity contribution in [3.63, 3.8) is 0 Å². The number of rotatable bonds is 2. The number of benzene rings is 1. The number of aliphatic hydroxyl groups is 1. The Bertz CT molecular complexity index is 483. The second-order valence-corrected chi connectivity index (χ2v) is 3.89. The molecule has 1 aromatic heterocycles. The van der Waals surface area contributed by atoms with Crippen molar-refractivity contribution in [3.05, 3.63) is 59.2 Å². The van der Waals surface area contributed by atoms with Gasteiger partial charge in [-0.1, -0.05) is 23.8 Å². The molecule has 2 aromatic rings. The standard InChI is InChI=1S/C13H14N2O/c1-9-3-4-10(2)11(7-9)13(16)12-8-14-5-6-15-12/h3-8,13,16H,1-2H3. The van der Waals surface area contributed by atoms with E-state index in [2.05, 4.69) is 9.97 Å². The Morgan fingerprint density at radius 2 is 2.00 bits per heavy atom. The predicted octanol–water partition coefficient (Wildman–Crippen LogP) is 2.18. The number of nitrogens with zero attached hydrogens (tertiary/aromatic N) is 2. The smallest absolute Gasteiger partial charge is 0.123 e. The summed E-state index contributed by atoms with van der Waals surface area (Å²) in [5.74, 6) is 0. The van der Waals surface area contributed by atoms with Gasteiger partial charge in [-0.2, -0.15) is 0 Å². The van der Waals surface area contributed by atoms with Gasteiger partial charge in [-0.15, -0.1) is 0 Å². The molecule has 3 heteroatoms. The van der Waals surface area contributed by atoms with Gasteiger partial charge in [0.1, 0.15) is 6.10 Å². The van der Waals surface area contributed by atoms with Crippen LogP contribution in [0.15, 0.2) is 36.8 Å². The molecule has 1 N–H and O–H groups in total. The first-order valence-electron chi connectivity index (χ1n) is 5.19. The van der Waals surface area contributed by atoms with Gasteiger partial charge in [0, 0.05) is 12.4 Å². The molecule has 0 aliphatic heterocycles. The maximum Gasteiger partial charge on any atom is 0.123 e. The molecule has 0 spiro atoms. The molecule has 16 heavy (non-hydrogen) atoms. The fraction of sp³-hybridized carbons (Fsp3) is 0.231. The van der Waals surface area contributed by atoms with E-state index in [1.807, 2.05) is 32.0 Å². The molecule has 1 heterocycles. The minimum Gasteiger partial charge on any atom is -0.382 e. The van der Waals surface area contributed by atoms with Gasteiger partial charge >= 0.3 is 0 Å². The third kappa shape index (κ3) is 2.09. The van der Waals surface area contributed by atoms with Crippen LogP contribution in [0.25, 0.3) is 0 Å². The molecule has 0 aliphatic carbocycles. The number of hydrogen-bond donors (Lipinski definition) is 1. The molecule has 1 aromatic carbocycles. The van der Waals surface area contributed by atoms with Crippen molar-refractivity contribution in [2.45, 2.75) is 20.0 Å². The molecule has 2 rings (SSSR count). The van der Waals surface area contributed by atoms with E-state index in [4.69, 9.17) is 0 Å². The summed E-state index contributed by atoms with van der Waals surface area (Å²) < 4.78 is 0. The Morgan fingerprint density at radius 3 is 2.69 bits per heavy atom. The summed E-state index contributed by atoms with van der Waals surface area (Å²) in [5, 5.41) is 10.2. The third-order valence-corrected chi connectivity index (χ3v) is 2.59. The second-order valence-electron chi connectivity index (χ2n) is 3.89. The van der Waals surface area contributed by atoms with Gasteiger partial charge in [-0.25, -0.2) is 0 Å². The lowest BCUT2D eigenvalue weighted by atomic mass is 9.99. The second kappa shape index (κ2) is 4.41. The van der Waals surface area contributed by atoms with Crippen molar-refractivity contribution in [1.29, 1.82) is 0 Å². The van der Waals surface area contributed by atoms with Crippen LogP contribution in [0.3, 0.4) is 0 Å². The first-order chi connectivity index (χ1) is 7.68. The first kappa shape index (κ1) is 10.8. The molecule has 82 valence electrons. The Balaban J connectivity index is 2.41. The molecule has 1 unspecified atom stereocenters. The van der Waals surface area contributed by atoms with Crippen molar-refractivity contribution in [1.82, 2.24) is 9.97 Å². The minimum absolute atomic E-state index is 0.580. The summed E-state index contributed by atoms with van der Waals surface area (Å²) in [6.45, 7) is 3.99. The van der Waals surface area contributed by atoms with Crippen LogP contribution in [-0.4, -0.2) is 15.1 Å². The zero-order valence-electron chi connectivity index (χ0n) is 9.38. The molecule has 0 aliphatic rings. The maximum atomic E-state index is 10.2. The fourth-order valence-electron chi connectivity index (χ4n) is 1.67. The summed E-state index contributed by atoms with van der Waals surface area (Å²) >= 11 is 0. The van der Waals surface area contributed by atoms with Gasteiger partial charge in [0.05, 0.1) is 11.9 Å². The topological polar surface area (TPSA) is 46.0 Å². The quantitative estimate of drug-likeness (QED) is 0.833. The van der Waals surface area contributed by atoms with Crippen LogP contribution in [-0.2, 0) is 0 Å².